The minimum atomic E-state index is -0.0150. The minimum absolute atomic E-state index is 0. The summed E-state index contributed by atoms with van der Waals surface area (Å²) in [4.78, 5) is 12.2. The van der Waals surface area contributed by atoms with Gasteiger partial charge in [-0.25, -0.2) is 0 Å². The summed E-state index contributed by atoms with van der Waals surface area (Å²) < 4.78 is 0. The lowest BCUT2D eigenvalue weighted by Crippen LogP contribution is -2.01. The first kappa shape index (κ1) is 12.3. The van der Waals surface area contributed by atoms with Gasteiger partial charge in [-0.15, -0.1) is 0 Å². The highest BCUT2D eigenvalue weighted by molar-refractivity contribution is 6.28. The van der Waals surface area contributed by atoms with Gasteiger partial charge in [0.1, 0.15) is 0 Å². The zero-order chi connectivity index (χ0) is 13.1. The fourth-order valence-corrected chi connectivity index (χ4v) is 1.77. The molecule has 0 unspecified atom stereocenters. The van der Waals surface area contributed by atoms with Crippen LogP contribution in [0.4, 0.5) is 0 Å². The summed E-state index contributed by atoms with van der Waals surface area (Å²) >= 11 is 0. The highest BCUT2D eigenvalue weighted by atomic mass is 16.1. The maximum atomic E-state index is 12.2. The van der Waals surface area contributed by atoms with Crippen LogP contribution in [-0.4, -0.2) is 5.78 Å². The summed E-state index contributed by atoms with van der Waals surface area (Å²) in [6, 6.07) is 15.4. The molecule has 0 atom stereocenters. The van der Waals surface area contributed by atoms with Crippen LogP contribution < -0.4 is 0 Å². The van der Waals surface area contributed by atoms with E-state index < -0.39 is 0 Å². The van der Waals surface area contributed by atoms with Gasteiger partial charge in [-0.3, -0.25) is 4.79 Å². The average molecular weight is 238 g/mol. The minimum Gasteiger partial charge on any atom is -0.289 e. The van der Waals surface area contributed by atoms with E-state index in [4.69, 9.17) is 0 Å². The van der Waals surface area contributed by atoms with Crippen molar-refractivity contribution >= 4 is 11.4 Å². The summed E-state index contributed by atoms with van der Waals surface area (Å²) in [7, 11) is 0. The van der Waals surface area contributed by atoms with Gasteiger partial charge in [-0.1, -0.05) is 66.2 Å². The van der Waals surface area contributed by atoms with Crippen LogP contribution in [0.5, 0.6) is 0 Å². The monoisotopic (exact) mass is 238 g/mol. The van der Waals surface area contributed by atoms with E-state index in [0.29, 0.717) is 11.1 Å². The molecular weight excluding hydrogens is 220 g/mol. The van der Waals surface area contributed by atoms with Crippen LogP contribution in [-0.2, 0) is 0 Å². The van der Waals surface area contributed by atoms with Gasteiger partial charge >= 0.3 is 0 Å². The second kappa shape index (κ2) is 5.01. The van der Waals surface area contributed by atoms with E-state index in [-0.39, 0.29) is 7.21 Å². The Morgan fingerprint density at radius 3 is 1.67 bits per heavy atom. The molecule has 2 rings (SSSR count). The van der Waals surface area contributed by atoms with Crippen molar-refractivity contribution in [2.24, 2.45) is 0 Å². The van der Waals surface area contributed by atoms with Crippen molar-refractivity contribution in [2.75, 3.05) is 0 Å². The third kappa shape index (κ3) is 2.57. The second-order valence-electron chi connectivity index (χ2n) is 4.54. The summed E-state index contributed by atoms with van der Waals surface area (Å²) in [6.45, 7) is 7.93. The fraction of sp³-hybridized carbons (Fsp3) is 0.118. The number of benzene rings is 2. The molecular formula is C17H18O. The zero-order valence-corrected chi connectivity index (χ0v) is 10.7. The van der Waals surface area contributed by atoms with Crippen LogP contribution in [0.1, 0.15) is 28.5 Å². The molecule has 1 nitrogen and oxygen atoms in total. The lowest BCUT2D eigenvalue weighted by atomic mass is 9.97. The van der Waals surface area contributed by atoms with Crippen LogP contribution >= 0.6 is 0 Å². The molecule has 0 aliphatic carbocycles. The first-order valence-electron chi connectivity index (χ1n) is 5.95. The Bertz CT molecular complexity index is 524. The Kier molecular flexibility index (Phi) is 3.42. The van der Waals surface area contributed by atoms with Crippen molar-refractivity contribution in [3.05, 3.63) is 77.4 Å². The number of ketones is 1. The van der Waals surface area contributed by atoms with Gasteiger partial charge < -0.3 is 0 Å². The molecule has 2 aromatic carbocycles. The van der Waals surface area contributed by atoms with Crippen molar-refractivity contribution in [1.82, 2.24) is 0 Å². The van der Waals surface area contributed by atoms with Crippen LogP contribution in [0.25, 0.3) is 5.57 Å². The smallest absolute Gasteiger partial charge is 0.193 e. The van der Waals surface area contributed by atoms with E-state index in [1.54, 1.807) is 0 Å². The van der Waals surface area contributed by atoms with Crippen LogP contribution in [0.15, 0.2) is 55.1 Å². The molecule has 1 heteroatoms. The third-order valence-electron chi connectivity index (χ3n) is 2.99. The summed E-state index contributed by atoms with van der Waals surface area (Å²) in [5.41, 5.74) is 4.43. The van der Waals surface area contributed by atoms with Gasteiger partial charge in [0.15, 0.2) is 5.78 Å². The van der Waals surface area contributed by atoms with E-state index in [1.165, 1.54) is 5.56 Å². The molecule has 0 aliphatic rings. The maximum absolute atomic E-state index is 12.2. The quantitative estimate of drug-likeness (QED) is 0.570. The molecule has 0 fully saturated rings. The maximum Gasteiger partial charge on any atom is 0.193 e. The van der Waals surface area contributed by atoms with Gasteiger partial charge in [0.05, 0.1) is 0 Å². The largest absolute Gasteiger partial charge is 0.289 e. The molecule has 0 saturated heterocycles. The molecule has 0 saturated carbocycles. The van der Waals surface area contributed by atoms with Crippen LogP contribution in [0.3, 0.4) is 0 Å². The van der Waals surface area contributed by atoms with E-state index in [1.807, 2.05) is 62.4 Å². The van der Waals surface area contributed by atoms with Crippen molar-refractivity contribution in [1.29, 1.82) is 0 Å². The molecule has 0 bridgehead atoms. The third-order valence-corrected chi connectivity index (χ3v) is 2.99. The van der Waals surface area contributed by atoms with Crippen molar-refractivity contribution < 1.29 is 6.22 Å². The number of Topliss-reactive ketones (excluding diaryl/α,β-unsaturated/α-hetero) is 1. The Morgan fingerprint density at radius 1 is 0.833 bits per heavy atom. The lowest BCUT2D eigenvalue weighted by Gasteiger charge is -2.06. The number of carbonyl (C=O) groups is 1. The number of rotatable bonds is 3. The molecule has 0 spiro atoms. The van der Waals surface area contributed by atoms with E-state index in [0.717, 1.165) is 11.1 Å². The number of aryl methyl sites for hydroxylation is 2. The fourth-order valence-electron chi connectivity index (χ4n) is 1.77. The molecule has 0 aromatic heterocycles. The number of carbonyl (C=O) groups excluding carboxylic acids is 1. The molecule has 0 amide bonds. The van der Waals surface area contributed by atoms with Crippen molar-refractivity contribution in [3.8, 4) is 0 Å². The highest BCUT2D eigenvalue weighted by Crippen LogP contribution is 2.18. The molecule has 92 valence electrons. The van der Waals surface area contributed by atoms with E-state index in [2.05, 4.69) is 6.58 Å². The predicted molar refractivity (Wildman–Crippen MR) is 77.8 cm³/mol. The molecule has 0 N–H and O–H groups in total. The average Bonchev–Trinajstić information content (AvgIpc) is 2.39. The molecule has 18 heavy (non-hydrogen) atoms. The molecule has 0 aliphatic heterocycles. The second-order valence-corrected chi connectivity index (χ2v) is 4.54. The SMILES string of the molecule is C=C(C(=O)c1ccc(C)cc1)c1ccc(C)cc1.[HH]. The first-order valence-corrected chi connectivity index (χ1v) is 5.95. The Labute approximate surface area is 109 Å². The highest BCUT2D eigenvalue weighted by Gasteiger charge is 2.11. The predicted octanol–water partition coefficient (Wildman–Crippen LogP) is 4.45. The molecule has 0 radical (unpaired) electrons. The Morgan fingerprint density at radius 2 is 1.22 bits per heavy atom. The topological polar surface area (TPSA) is 17.1 Å². The summed E-state index contributed by atoms with van der Waals surface area (Å²) in [5.74, 6) is -0.0150. The number of hydrogen-bond donors (Lipinski definition) is 0. The Hall–Kier alpha value is -2.15. The van der Waals surface area contributed by atoms with Crippen molar-refractivity contribution in [3.63, 3.8) is 0 Å². The van der Waals surface area contributed by atoms with Gasteiger partial charge in [0.2, 0.25) is 0 Å². The van der Waals surface area contributed by atoms with Gasteiger partial charge in [-0.2, -0.15) is 0 Å². The van der Waals surface area contributed by atoms with Gasteiger partial charge in [-0.05, 0) is 19.4 Å². The van der Waals surface area contributed by atoms with E-state index in [9.17, 15) is 4.79 Å². The normalized spacial score (nSPS) is 10.1. The van der Waals surface area contributed by atoms with Crippen LogP contribution in [0.2, 0.25) is 0 Å². The van der Waals surface area contributed by atoms with Crippen molar-refractivity contribution in [2.45, 2.75) is 13.8 Å². The Balaban J connectivity index is 0.00000180. The standard InChI is InChI=1S/C17H16O.H2/c1-12-4-8-15(9-5-12)14(3)17(18)16-10-6-13(2)7-11-16;/h4-11H,3H2,1-2H3;1H. The zero-order valence-electron chi connectivity index (χ0n) is 10.7. The number of hydrogen-bond acceptors (Lipinski definition) is 1. The first-order chi connectivity index (χ1) is 8.58. The van der Waals surface area contributed by atoms with Gasteiger partial charge in [0.25, 0.3) is 0 Å². The lowest BCUT2D eigenvalue weighted by molar-refractivity contribution is 0.105. The molecule has 2 aromatic rings. The number of allylic oxidation sites excluding steroid dienone is 1. The summed E-state index contributed by atoms with van der Waals surface area (Å²) in [5, 5.41) is 0. The molecule has 0 heterocycles. The summed E-state index contributed by atoms with van der Waals surface area (Å²) in [6.07, 6.45) is 0. The van der Waals surface area contributed by atoms with Crippen LogP contribution in [0, 0.1) is 13.8 Å². The van der Waals surface area contributed by atoms with E-state index >= 15 is 0 Å². The van der Waals surface area contributed by atoms with Gasteiger partial charge in [0, 0.05) is 12.6 Å².